The van der Waals surface area contributed by atoms with Crippen molar-refractivity contribution in [1.29, 1.82) is 0 Å². The molecule has 1 saturated carbocycles. The lowest BCUT2D eigenvalue weighted by Gasteiger charge is -2.67. The van der Waals surface area contributed by atoms with Gasteiger partial charge < -0.3 is 10.5 Å². The molecule has 2 rings (SSSR count). The monoisotopic (exact) mass is 266 g/mol. The van der Waals surface area contributed by atoms with E-state index in [1.54, 1.807) is 0 Å². The van der Waals surface area contributed by atoms with Crippen LogP contribution >= 0.6 is 0 Å². The van der Waals surface area contributed by atoms with E-state index >= 15 is 0 Å². The predicted octanol–water partition coefficient (Wildman–Crippen LogP) is 2.42. The first-order chi connectivity index (χ1) is 8.84. The number of ether oxygens (including phenoxy) is 1. The minimum Gasteiger partial charge on any atom is -0.377 e. The first-order valence-electron chi connectivity index (χ1n) is 7.60. The van der Waals surface area contributed by atoms with E-state index in [1.807, 2.05) is 6.08 Å². The van der Waals surface area contributed by atoms with Crippen molar-refractivity contribution in [3.8, 4) is 0 Å². The zero-order chi connectivity index (χ0) is 14.3. The zero-order valence-electron chi connectivity index (χ0n) is 13.0. The van der Waals surface area contributed by atoms with Gasteiger partial charge in [-0.3, -0.25) is 4.90 Å². The van der Waals surface area contributed by atoms with Crippen molar-refractivity contribution in [2.24, 2.45) is 17.1 Å². The number of hydrogen-bond acceptors (Lipinski definition) is 3. The Labute approximate surface area is 118 Å². The number of nitrogens with zero attached hydrogens (tertiary/aromatic N) is 1. The van der Waals surface area contributed by atoms with Crippen molar-refractivity contribution in [1.82, 2.24) is 4.90 Å². The maximum atomic E-state index is 6.85. The minimum absolute atomic E-state index is 0.0619. The Morgan fingerprint density at radius 3 is 2.74 bits per heavy atom. The van der Waals surface area contributed by atoms with Gasteiger partial charge in [0.2, 0.25) is 0 Å². The Hall–Kier alpha value is -0.380. The Morgan fingerprint density at radius 2 is 2.16 bits per heavy atom. The largest absolute Gasteiger partial charge is 0.377 e. The molecule has 3 nitrogen and oxygen atoms in total. The van der Waals surface area contributed by atoms with E-state index in [4.69, 9.17) is 10.5 Å². The molecule has 0 amide bonds. The van der Waals surface area contributed by atoms with Crippen LogP contribution in [0, 0.1) is 11.3 Å². The quantitative estimate of drug-likeness (QED) is 0.777. The minimum atomic E-state index is -0.134. The number of rotatable bonds is 5. The third kappa shape index (κ3) is 2.26. The van der Waals surface area contributed by atoms with Crippen molar-refractivity contribution in [2.45, 2.75) is 58.2 Å². The first kappa shape index (κ1) is 15.0. The molecule has 19 heavy (non-hydrogen) atoms. The van der Waals surface area contributed by atoms with E-state index in [9.17, 15) is 0 Å². The van der Waals surface area contributed by atoms with Crippen LogP contribution in [0.1, 0.15) is 40.5 Å². The molecular weight excluding hydrogens is 236 g/mol. The molecule has 1 heterocycles. The molecule has 0 radical (unpaired) electrons. The van der Waals surface area contributed by atoms with E-state index < -0.39 is 0 Å². The van der Waals surface area contributed by atoms with Gasteiger partial charge in [-0.25, -0.2) is 0 Å². The average molecular weight is 266 g/mol. The normalized spacial score (nSPS) is 37.0. The molecule has 3 atom stereocenters. The summed E-state index contributed by atoms with van der Waals surface area (Å²) < 4.78 is 5.97. The van der Waals surface area contributed by atoms with Gasteiger partial charge in [-0.05, 0) is 26.7 Å². The summed E-state index contributed by atoms with van der Waals surface area (Å²) in [7, 11) is 0. The smallest absolute Gasteiger partial charge is 0.0690 e. The van der Waals surface area contributed by atoms with Gasteiger partial charge >= 0.3 is 0 Å². The van der Waals surface area contributed by atoms with Gasteiger partial charge in [0.25, 0.3) is 0 Å². The maximum absolute atomic E-state index is 6.85. The Kier molecular flexibility index (Phi) is 4.10. The summed E-state index contributed by atoms with van der Waals surface area (Å²) >= 11 is 0. The second-order valence-corrected chi connectivity index (χ2v) is 7.11. The van der Waals surface area contributed by atoms with E-state index in [1.165, 1.54) is 6.42 Å². The summed E-state index contributed by atoms with van der Waals surface area (Å²) in [5.74, 6) is 0.516. The van der Waals surface area contributed by atoms with E-state index in [2.05, 4.69) is 39.2 Å². The van der Waals surface area contributed by atoms with Crippen LogP contribution in [0.4, 0.5) is 0 Å². The highest BCUT2D eigenvalue weighted by Gasteiger charge is 2.66. The summed E-state index contributed by atoms with van der Waals surface area (Å²) in [5, 5.41) is 0. The molecule has 2 fully saturated rings. The van der Waals surface area contributed by atoms with E-state index in [0.717, 1.165) is 26.1 Å². The molecule has 1 aliphatic heterocycles. The molecule has 110 valence electrons. The number of fused-ring (bicyclic) bond motifs is 1. The molecular formula is C16H30N2O. The second-order valence-electron chi connectivity index (χ2n) is 7.11. The standard InChI is InChI=1S/C16H30N2O/c1-6-9-18(12(2)3)11-16(17)13-8-7-10-19-14(13)15(16,4)5/h6,12-14H,1,7-11,17H2,2-5H3. The highest BCUT2D eigenvalue weighted by Crippen LogP contribution is 2.57. The van der Waals surface area contributed by atoms with Crippen molar-refractivity contribution >= 4 is 0 Å². The zero-order valence-corrected chi connectivity index (χ0v) is 13.0. The number of hydrogen-bond donors (Lipinski definition) is 1. The van der Waals surface area contributed by atoms with Crippen LogP contribution in [0.2, 0.25) is 0 Å². The Balaban J connectivity index is 2.14. The van der Waals surface area contributed by atoms with Gasteiger partial charge in [-0.15, -0.1) is 6.58 Å². The molecule has 0 bridgehead atoms. The SMILES string of the molecule is C=CCN(CC1(N)C2CCCOC2C1(C)C)C(C)C. The molecule has 2 aliphatic rings. The summed E-state index contributed by atoms with van der Waals surface area (Å²) in [6, 6.07) is 0.498. The van der Waals surface area contributed by atoms with Gasteiger partial charge in [0, 0.05) is 42.6 Å². The predicted molar refractivity (Wildman–Crippen MR) is 80.1 cm³/mol. The third-order valence-corrected chi connectivity index (χ3v) is 5.45. The lowest BCUT2D eigenvalue weighted by Crippen LogP contribution is -2.80. The van der Waals surface area contributed by atoms with Crippen LogP contribution in [-0.4, -0.2) is 42.3 Å². The molecule has 1 aliphatic carbocycles. The van der Waals surface area contributed by atoms with Crippen molar-refractivity contribution in [3.63, 3.8) is 0 Å². The van der Waals surface area contributed by atoms with Crippen LogP contribution < -0.4 is 5.73 Å². The van der Waals surface area contributed by atoms with E-state index in [-0.39, 0.29) is 11.0 Å². The fourth-order valence-corrected chi connectivity index (χ4v) is 3.95. The number of nitrogens with two attached hydrogens (primary N) is 1. The first-order valence-corrected chi connectivity index (χ1v) is 7.60. The van der Waals surface area contributed by atoms with Gasteiger partial charge in [0.1, 0.15) is 0 Å². The summed E-state index contributed by atoms with van der Waals surface area (Å²) in [5.41, 5.74) is 6.78. The Bertz CT molecular complexity index is 340. The topological polar surface area (TPSA) is 38.5 Å². The van der Waals surface area contributed by atoms with Crippen LogP contribution in [0.15, 0.2) is 12.7 Å². The van der Waals surface area contributed by atoms with Crippen LogP contribution in [0.3, 0.4) is 0 Å². The molecule has 0 aromatic rings. The average Bonchev–Trinajstić information content (AvgIpc) is 2.37. The van der Waals surface area contributed by atoms with Gasteiger partial charge in [0.15, 0.2) is 0 Å². The third-order valence-electron chi connectivity index (χ3n) is 5.45. The van der Waals surface area contributed by atoms with Crippen molar-refractivity contribution in [2.75, 3.05) is 19.7 Å². The Morgan fingerprint density at radius 1 is 1.47 bits per heavy atom. The molecule has 3 heteroatoms. The van der Waals surface area contributed by atoms with Crippen LogP contribution in [0.25, 0.3) is 0 Å². The van der Waals surface area contributed by atoms with Gasteiger partial charge in [-0.1, -0.05) is 19.9 Å². The van der Waals surface area contributed by atoms with Crippen molar-refractivity contribution < 1.29 is 4.74 Å². The molecule has 0 aromatic carbocycles. The van der Waals surface area contributed by atoms with Gasteiger partial charge in [-0.2, -0.15) is 0 Å². The van der Waals surface area contributed by atoms with Crippen LogP contribution in [0.5, 0.6) is 0 Å². The van der Waals surface area contributed by atoms with Gasteiger partial charge in [0.05, 0.1) is 6.10 Å². The molecule has 1 saturated heterocycles. The highest BCUT2D eigenvalue weighted by molar-refractivity contribution is 5.21. The fourth-order valence-electron chi connectivity index (χ4n) is 3.95. The highest BCUT2D eigenvalue weighted by atomic mass is 16.5. The maximum Gasteiger partial charge on any atom is 0.0690 e. The molecule has 3 unspecified atom stereocenters. The lowest BCUT2D eigenvalue weighted by molar-refractivity contribution is -0.232. The fraction of sp³-hybridized carbons (Fsp3) is 0.875. The van der Waals surface area contributed by atoms with Crippen LogP contribution in [-0.2, 0) is 4.74 Å². The second kappa shape index (κ2) is 5.19. The summed E-state index contributed by atoms with van der Waals surface area (Å²) in [6.45, 7) is 15.6. The van der Waals surface area contributed by atoms with Crippen molar-refractivity contribution in [3.05, 3.63) is 12.7 Å². The summed E-state index contributed by atoms with van der Waals surface area (Å²) in [4.78, 5) is 2.43. The molecule has 0 aromatic heterocycles. The molecule has 0 spiro atoms. The lowest BCUT2D eigenvalue weighted by atomic mass is 9.46. The summed E-state index contributed by atoms with van der Waals surface area (Å²) in [6.07, 6.45) is 4.69. The van der Waals surface area contributed by atoms with E-state index in [0.29, 0.717) is 18.1 Å². The molecule has 2 N–H and O–H groups in total.